The fraction of sp³-hybridized carbons (Fsp3) is 0.231. The summed E-state index contributed by atoms with van der Waals surface area (Å²) in [6, 6.07) is 5.83. The minimum atomic E-state index is -0.981. The van der Waals surface area contributed by atoms with Gasteiger partial charge in [0.15, 0.2) is 17.2 Å². The molecule has 1 N–H and O–H groups in total. The number of carboxylic acid groups (broad SMARTS) is 1. The molecule has 19 heavy (non-hydrogen) atoms. The Morgan fingerprint density at radius 2 is 2.16 bits per heavy atom. The van der Waals surface area contributed by atoms with E-state index in [-0.39, 0.29) is 12.5 Å². The van der Waals surface area contributed by atoms with Crippen LogP contribution in [0.25, 0.3) is 0 Å². The van der Waals surface area contributed by atoms with Crippen LogP contribution in [0.4, 0.5) is 0 Å². The number of carboxylic acids is 1. The van der Waals surface area contributed by atoms with Crippen LogP contribution in [0.15, 0.2) is 23.6 Å². The molecule has 1 aliphatic heterocycles. The molecule has 6 heteroatoms. The zero-order valence-electron chi connectivity index (χ0n) is 9.96. The van der Waals surface area contributed by atoms with Crippen LogP contribution >= 0.6 is 11.3 Å². The van der Waals surface area contributed by atoms with Gasteiger partial charge in [0.2, 0.25) is 6.79 Å². The van der Waals surface area contributed by atoms with Gasteiger partial charge in [-0.05, 0) is 24.1 Å². The van der Waals surface area contributed by atoms with Gasteiger partial charge in [-0.3, -0.25) is 0 Å². The summed E-state index contributed by atoms with van der Waals surface area (Å²) in [4.78, 5) is 14.8. The van der Waals surface area contributed by atoms with Crippen molar-refractivity contribution in [2.24, 2.45) is 0 Å². The minimum absolute atomic E-state index is 0.116. The summed E-state index contributed by atoms with van der Waals surface area (Å²) in [7, 11) is 0. The van der Waals surface area contributed by atoms with Crippen molar-refractivity contribution in [1.82, 2.24) is 4.98 Å². The predicted molar refractivity (Wildman–Crippen MR) is 69.0 cm³/mol. The number of ether oxygens (including phenoxy) is 2. The molecule has 0 bridgehead atoms. The number of rotatable bonds is 4. The molecule has 3 rings (SSSR count). The lowest BCUT2D eigenvalue weighted by Crippen LogP contribution is -1.97. The first-order valence-corrected chi connectivity index (χ1v) is 6.66. The Hall–Kier alpha value is -2.08. The first kappa shape index (κ1) is 12.0. The summed E-state index contributed by atoms with van der Waals surface area (Å²) >= 11 is 1.37. The second-order valence-electron chi connectivity index (χ2n) is 4.12. The fourth-order valence-corrected chi connectivity index (χ4v) is 2.64. The Kier molecular flexibility index (Phi) is 3.08. The number of aromatic carboxylic acids is 1. The van der Waals surface area contributed by atoms with Crippen LogP contribution in [-0.4, -0.2) is 22.9 Å². The molecule has 2 heterocycles. The number of hydrogen-bond acceptors (Lipinski definition) is 5. The summed E-state index contributed by atoms with van der Waals surface area (Å²) in [5.41, 5.74) is 1.24. The van der Waals surface area contributed by atoms with Gasteiger partial charge in [-0.2, -0.15) is 0 Å². The molecule has 0 atom stereocenters. The molecule has 2 aromatic rings. The molecular formula is C13H11NO4S. The molecule has 1 aromatic heterocycles. The number of nitrogens with zero attached hydrogens (tertiary/aromatic N) is 1. The summed E-state index contributed by atoms with van der Waals surface area (Å²) in [6.07, 6.45) is 1.51. The second kappa shape index (κ2) is 4.89. The largest absolute Gasteiger partial charge is 0.476 e. The maximum Gasteiger partial charge on any atom is 0.355 e. The zero-order chi connectivity index (χ0) is 13.2. The number of aromatic nitrogens is 1. The molecule has 0 radical (unpaired) electrons. The van der Waals surface area contributed by atoms with Crippen LogP contribution < -0.4 is 9.47 Å². The molecule has 0 saturated carbocycles. The van der Waals surface area contributed by atoms with Crippen LogP contribution in [0.3, 0.4) is 0 Å². The molecule has 0 amide bonds. The van der Waals surface area contributed by atoms with Crippen molar-refractivity contribution in [2.45, 2.75) is 12.8 Å². The fourth-order valence-electron chi connectivity index (χ4n) is 1.87. The first-order valence-electron chi connectivity index (χ1n) is 5.78. The number of carbonyl (C=O) groups is 1. The highest BCUT2D eigenvalue weighted by atomic mass is 32.1. The highest BCUT2D eigenvalue weighted by Gasteiger charge is 2.13. The van der Waals surface area contributed by atoms with Crippen molar-refractivity contribution < 1.29 is 19.4 Å². The lowest BCUT2D eigenvalue weighted by molar-refractivity contribution is 0.0691. The molecule has 0 unspecified atom stereocenters. The summed E-state index contributed by atoms with van der Waals surface area (Å²) in [6.45, 7) is 0.271. The average Bonchev–Trinajstić information content (AvgIpc) is 3.04. The first-order chi connectivity index (χ1) is 9.22. The smallest absolute Gasteiger partial charge is 0.355 e. The third kappa shape index (κ3) is 2.53. The lowest BCUT2D eigenvalue weighted by Gasteiger charge is -2.01. The van der Waals surface area contributed by atoms with Gasteiger partial charge in [0.25, 0.3) is 0 Å². The third-order valence-electron chi connectivity index (χ3n) is 2.84. The minimum Gasteiger partial charge on any atom is -0.476 e. The Morgan fingerprint density at radius 1 is 1.32 bits per heavy atom. The molecule has 5 nitrogen and oxygen atoms in total. The quantitative estimate of drug-likeness (QED) is 0.929. The maximum atomic E-state index is 10.7. The SMILES string of the molecule is O=C(O)c1csc(CCc2ccc3c(c2)OCO3)n1. The summed E-state index contributed by atoms with van der Waals surface area (Å²) in [5.74, 6) is 0.555. The van der Waals surface area contributed by atoms with Gasteiger partial charge in [-0.15, -0.1) is 11.3 Å². The van der Waals surface area contributed by atoms with E-state index in [1.807, 2.05) is 18.2 Å². The van der Waals surface area contributed by atoms with Gasteiger partial charge < -0.3 is 14.6 Å². The highest BCUT2D eigenvalue weighted by molar-refractivity contribution is 7.09. The van der Waals surface area contributed by atoms with E-state index in [0.29, 0.717) is 0 Å². The van der Waals surface area contributed by atoms with Crippen molar-refractivity contribution in [3.8, 4) is 11.5 Å². The lowest BCUT2D eigenvalue weighted by atomic mass is 10.1. The van der Waals surface area contributed by atoms with E-state index in [1.165, 1.54) is 11.3 Å². The Balaban J connectivity index is 1.67. The number of aryl methyl sites for hydroxylation is 2. The van der Waals surface area contributed by atoms with Crippen molar-refractivity contribution in [3.05, 3.63) is 39.8 Å². The predicted octanol–water partition coefficient (Wildman–Crippen LogP) is 2.36. The zero-order valence-corrected chi connectivity index (χ0v) is 10.8. The van der Waals surface area contributed by atoms with E-state index in [4.69, 9.17) is 14.6 Å². The van der Waals surface area contributed by atoms with E-state index in [1.54, 1.807) is 5.38 Å². The second-order valence-corrected chi connectivity index (χ2v) is 5.06. The Bertz CT molecular complexity index is 623. The van der Waals surface area contributed by atoms with Gasteiger partial charge in [-0.25, -0.2) is 9.78 Å². The van der Waals surface area contributed by atoms with Crippen LogP contribution in [0.2, 0.25) is 0 Å². The number of thiazole rings is 1. The standard InChI is InChI=1S/C13H11NO4S/c15-13(16)9-6-19-12(14-9)4-2-8-1-3-10-11(5-8)18-7-17-10/h1,3,5-6H,2,4,7H2,(H,15,16). The number of hydrogen-bond donors (Lipinski definition) is 1. The third-order valence-corrected chi connectivity index (χ3v) is 3.74. The molecule has 0 saturated heterocycles. The van der Waals surface area contributed by atoms with Crippen LogP contribution in [-0.2, 0) is 12.8 Å². The van der Waals surface area contributed by atoms with Crippen molar-refractivity contribution in [2.75, 3.05) is 6.79 Å². The average molecular weight is 277 g/mol. The van der Waals surface area contributed by atoms with Crippen molar-refractivity contribution >= 4 is 17.3 Å². The normalized spacial score (nSPS) is 12.6. The molecule has 0 aliphatic carbocycles. The number of fused-ring (bicyclic) bond motifs is 1. The van der Waals surface area contributed by atoms with Crippen LogP contribution in [0, 0.1) is 0 Å². The van der Waals surface area contributed by atoms with Crippen LogP contribution in [0.1, 0.15) is 21.1 Å². The van der Waals surface area contributed by atoms with E-state index in [2.05, 4.69) is 4.98 Å². The molecular weight excluding hydrogens is 266 g/mol. The summed E-state index contributed by atoms with van der Waals surface area (Å²) < 4.78 is 10.6. The molecule has 0 spiro atoms. The van der Waals surface area contributed by atoms with E-state index < -0.39 is 5.97 Å². The topological polar surface area (TPSA) is 68.7 Å². The van der Waals surface area contributed by atoms with Crippen molar-refractivity contribution in [1.29, 1.82) is 0 Å². The van der Waals surface area contributed by atoms with E-state index >= 15 is 0 Å². The highest BCUT2D eigenvalue weighted by Crippen LogP contribution is 2.32. The van der Waals surface area contributed by atoms with E-state index in [0.717, 1.165) is 34.9 Å². The maximum absolute atomic E-state index is 10.7. The van der Waals surface area contributed by atoms with Gasteiger partial charge in [0.05, 0.1) is 5.01 Å². The van der Waals surface area contributed by atoms with Crippen LogP contribution in [0.5, 0.6) is 11.5 Å². The Morgan fingerprint density at radius 3 is 2.95 bits per heavy atom. The monoisotopic (exact) mass is 277 g/mol. The van der Waals surface area contributed by atoms with Gasteiger partial charge in [-0.1, -0.05) is 6.07 Å². The summed E-state index contributed by atoms with van der Waals surface area (Å²) in [5, 5.41) is 11.2. The number of benzene rings is 1. The van der Waals surface area contributed by atoms with E-state index in [9.17, 15) is 4.79 Å². The molecule has 1 aliphatic rings. The van der Waals surface area contributed by atoms with Gasteiger partial charge in [0, 0.05) is 11.8 Å². The molecule has 1 aromatic carbocycles. The van der Waals surface area contributed by atoms with Crippen molar-refractivity contribution in [3.63, 3.8) is 0 Å². The van der Waals surface area contributed by atoms with Gasteiger partial charge >= 0.3 is 5.97 Å². The molecule has 98 valence electrons. The Labute approximate surface area is 113 Å². The molecule has 0 fully saturated rings. The van der Waals surface area contributed by atoms with Gasteiger partial charge in [0.1, 0.15) is 0 Å².